The second-order valence-corrected chi connectivity index (χ2v) is 9.01. The number of benzene rings is 1. The molecule has 0 bridgehead atoms. The Kier molecular flexibility index (Phi) is 10.7. The fraction of sp³-hybridized carbons (Fsp3) is 0.654. The lowest BCUT2D eigenvalue weighted by Gasteiger charge is -2.14. The molecule has 2 heterocycles. The molecular weight excluding hydrogens is 400 g/mol. The normalized spacial score (nSPS) is 16.6. The summed E-state index contributed by atoms with van der Waals surface area (Å²) < 4.78 is 5.34. The van der Waals surface area contributed by atoms with E-state index in [9.17, 15) is 4.79 Å². The first-order valence-corrected chi connectivity index (χ1v) is 12.7. The molecule has 6 nitrogen and oxygen atoms in total. The Balaban J connectivity index is 1.37. The summed E-state index contributed by atoms with van der Waals surface area (Å²) in [5.41, 5.74) is 2.29. The van der Waals surface area contributed by atoms with Crippen LogP contribution in [0, 0.1) is 0 Å². The minimum absolute atomic E-state index is 0.0111. The second-order valence-electron chi connectivity index (χ2n) is 9.01. The van der Waals surface area contributed by atoms with Crippen LogP contribution in [-0.2, 0) is 17.8 Å². The Labute approximate surface area is 192 Å². The maximum absolute atomic E-state index is 12.4. The molecule has 176 valence electrons. The Hall–Kier alpha value is -2.21. The summed E-state index contributed by atoms with van der Waals surface area (Å²) in [5, 5.41) is 10.3. The summed E-state index contributed by atoms with van der Waals surface area (Å²) in [6.07, 6.45) is 16.1. The second kappa shape index (κ2) is 14.0. The first kappa shape index (κ1) is 24.4. The number of carbonyl (C=O) groups excluding carboxylic acids is 1. The van der Waals surface area contributed by atoms with Crippen LogP contribution >= 0.6 is 0 Å². The van der Waals surface area contributed by atoms with Gasteiger partial charge in [0.15, 0.2) is 0 Å². The molecule has 2 aromatic rings. The molecule has 1 unspecified atom stereocenters. The van der Waals surface area contributed by atoms with Gasteiger partial charge in [0.2, 0.25) is 17.6 Å². The first-order chi connectivity index (χ1) is 15.8. The fourth-order valence-electron chi connectivity index (χ4n) is 4.27. The number of rotatable bonds is 13. The highest BCUT2D eigenvalue weighted by molar-refractivity contribution is 5.81. The van der Waals surface area contributed by atoms with Crippen molar-refractivity contribution >= 4 is 5.91 Å². The average molecular weight is 441 g/mol. The van der Waals surface area contributed by atoms with E-state index in [0.29, 0.717) is 11.7 Å². The topological polar surface area (TPSA) is 80.0 Å². The summed E-state index contributed by atoms with van der Waals surface area (Å²) in [4.78, 5) is 16.8. The van der Waals surface area contributed by atoms with Crippen LogP contribution in [0.5, 0.6) is 0 Å². The van der Waals surface area contributed by atoms with Gasteiger partial charge in [-0.1, -0.05) is 94.1 Å². The molecule has 1 amide bonds. The van der Waals surface area contributed by atoms with Crippen molar-refractivity contribution in [3.8, 4) is 11.4 Å². The Bertz CT molecular complexity index is 779. The molecule has 1 aromatic heterocycles. The van der Waals surface area contributed by atoms with Gasteiger partial charge >= 0.3 is 0 Å². The number of hydrogen-bond donors (Lipinski definition) is 2. The molecule has 0 saturated carbocycles. The van der Waals surface area contributed by atoms with Gasteiger partial charge < -0.3 is 15.2 Å². The molecule has 0 spiro atoms. The van der Waals surface area contributed by atoms with Crippen molar-refractivity contribution in [1.29, 1.82) is 0 Å². The van der Waals surface area contributed by atoms with Crippen LogP contribution < -0.4 is 10.6 Å². The maximum Gasteiger partial charge on any atom is 0.246 e. The first-order valence-electron chi connectivity index (χ1n) is 12.7. The molecule has 1 atom stereocenters. The molecule has 1 fully saturated rings. The number of carbonyl (C=O) groups is 1. The van der Waals surface area contributed by atoms with E-state index in [2.05, 4.69) is 52.0 Å². The summed E-state index contributed by atoms with van der Waals surface area (Å²) in [6.45, 7) is 3.43. The monoisotopic (exact) mass is 440 g/mol. The third-order valence-corrected chi connectivity index (χ3v) is 6.29. The molecule has 1 aliphatic rings. The van der Waals surface area contributed by atoms with Gasteiger partial charge in [0.05, 0.1) is 12.6 Å². The van der Waals surface area contributed by atoms with E-state index in [1.165, 1.54) is 63.4 Å². The van der Waals surface area contributed by atoms with Gasteiger partial charge in [0, 0.05) is 5.56 Å². The van der Waals surface area contributed by atoms with Gasteiger partial charge in [-0.05, 0) is 37.8 Å². The maximum atomic E-state index is 12.4. The Morgan fingerprint density at radius 2 is 1.78 bits per heavy atom. The van der Waals surface area contributed by atoms with E-state index in [1.54, 1.807) is 0 Å². The van der Waals surface area contributed by atoms with E-state index >= 15 is 0 Å². The third kappa shape index (κ3) is 8.38. The van der Waals surface area contributed by atoms with Crippen molar-refractivity contribution in [2.24, 2.45) is 0 Å². The van der Waals surface area contributed by atoms with Gasteiger partial charge in [-0.2, -0.15) is 4.98 Å². The van der Waals surface area contributed by atoms with Crippen molar-refractivity contribution < 1.29 is 9.32 Å². The average Bonchev–Trinajstić information content (AvgIpc) is 3.12. The summed E-state index contributed by atoms with van der Waals surface area (Å²) in [6, 6.07) is 8.32. The number of nitrogens with zero attached hydrogens (tertiary/aromatic N) is 2. The van der Waals surface area contributed by atoms with Crippen molar-refractivity contribution in [2.75, 3.05) is 6.54 Å². The standard InChI is InChI=1S/C26H40N4O2/c1-2-3-4-5-6-7-8-10-13-21-15-17-22(18-16-21)25-29-24(32-30-25)20-28-26(31)23-14-11-9-12-19-27-23/h15-18,23,27H,2-14,19-20H2,1H3,(H,28,31). The molecule has 0 radical (unpaired) electrons. The third-order valence-electron chi connectivity index (χ3n) is 6.29. The minimum atomic E-state index is -0.117. The molecule has 2 N–H and O–H groups in total. The molecule has 1 saturated heterocycles. The molecule has 3 rings (SSSR count). The van der Waals surface area contributed by atoms with E-state index in [0.717, 1.165) is 37.8 Å². The molecule has 1 aliphatic heterocycles. The minimum Gasteiger partial charge on any atom is -0.346 e. The number of amides is 1. The number of unbranched alkanes of at least 4 members (excludes halogenated alkanes) is 7. The lowest BCUT2D eigenvalue weighted by atomic mass is 10.0. The lowest BCUT2D eigenvalue weighted by molar-refractivity contribution is -0.123. The zero-order valence-corrected chi connectivity index (χ0v) is 19.7. The molecule has 32 heavy (non-hydrogen) atoms. The van der Waals surface area contributed by atoms with E-state index in [4.69, 9.17) is 4.52 Å². The zero-order chi connectivity index (χ0) is 22.4. The van der Waals surface area contributed by atoms with Gasteiger partial charge in [-0.15, -0.1) is 0 Å². The highest BCUT2D eigenvalue weighted by Crippen LogP contribution is 2.18. The van der Waals surface area contributed by atoms with Crippen molar-refractivity contribution in [2.45, 2.75) is 103 Å². The Morgan fingerprint density at radius 1 is 1.03 bits per heavy atom. The summed E-state index contributed by atoms with van der Waals surface area (Å²) in [5.74, 6) is 1.02. The van der Waals surface area contributed by atoms with Gasteiger partial charge in [-0.25, -0.2) is 0 Å². The predicted molar refractivity (Wildman–Crippen MR) is 128 cm³/mol. The number of hydrogen-bond acceptors (Lipinski definition) is 5. The quantitative estimate of drug-likeness (QED) is 0.398. The van der Waals surface area contributed by atoms with Crippen LogP contribution in [0.25, 0.3) is 11.4 Å². The SMILES string of the molecule is CCCCCCCCCCc1ccc(-c2noc(CNC(=O)C3CCCCCN3)n2)cc1. The molecule has 6 heteroatoms. The molecule has 1 aromatic carbocycles. The highest BCUT2D eigenvalue weighted by atomic mass is 16.5. The van der Waals surface area contributed by atoms with Crippen LogP contribution in [0.1, 0.15) is 95.4 Å². The van der Waals surface area contributed by atoms with Gasteiger partial charge in [-0.3, -0.25) is 4.79 Å². The smallest absolute Gasteiger partial charge is 0.246 e. The Morgan fingerprint density at radius 3 is 2.56 bits per heavy atom. The van der Waals surface area contributed by atoms with E-state index in [1.807, 2.05) is 0 Å². The number of aromatic nitrogens is 2. The fourth-order valence-corrected chi connectivity index (χ4v) is 4.27. The molecular formula is C26H40N4O2. The lowest BCUT2D eigenvalue weighted by Crippen LogP contribution is -2.43. The van der Waals surface area contributed by atoms with Crippen molar-refractivity contribution in [3.05, 3.63) is 35.7 Å². The summed E-state index contributed by atoms with van der Waals surface area (Å²) in [7, 11) is 0. The predicted octanol–water partition coefficient (Wildman–Crippen LogP) is 5.57. The summed E-state index contributed by atoms with van der Waals surface area (Å²) >= 11 is 0. The van der Waals surface area contributed by atoms with Gasteiger partial charge in [0.25, 0.3) is 0 Å². The largest absolute Gasteiger partial charge is 0.346 e. The van der Waals surface area contributed by atoms with Crippen LogP contribution in [0.4, 0.5) is 0 Å². The van der Waals surface area contributed by atoms with Crippen molar-refractivity contribution in [3.63, 3.8) is 0 Å². The highest BCUT2D eigenvalue weighted by Gasteiger charge is 2.20. The van der Waals surface area contributed by atoms with Crippen LogP contribution in [0.3, 0.4) is 0 Å². The van der Waals surface area contributed by atoms with E-state index in [-0.39, 0.29) is 18.5 Å². The zero-order valence-electron chi connectivity index (χ0n) is 19.7. The van der Waals surface area contributed by atoms with Crippen LogP contribution in [-0.4, -0.2) is 28.6 Å². The number of nitrogens with one attached hydrogen (secondary N) is 2. The molecule has 0 aliphatic carbocycles. The van der Waals surface area contributed by atoms with Crippen molar-refractivity contribution in [1.82, 2.24) is 20.8 Å². The van der Waals surface area contributed by atoms with Gasteiger partial charge in [0.1, 0.15) is 0 Å². The number of aryl methyl sites for hydroxylation is 1. The van der Waals surface area contributed by atoms with Crippen LogP contribution in [0.2, 0.25) is 0 Å². The van der Waals surface area contributed by atoms with E-state index < -0.39 is 0 Å². The van der Waals surface area contributed by atoms with Crippen LogP contribution in [0.15, 0.2) is 28.8 Å².